The Hall–Kier alpha value is -2.42. The number of aldehydes is 1. The van der Waals surface area contributed by atoms with Crippen LogP contribution in [0.2, 0.25) is 0 Å². The number of esters is 1. The summed E-state index contributed by atoms with van der Waals surface area (Å²) >= 11 is 0. The lowest BCUT2D eigenvalue weighted by Crippen LogP contribution is -2.24. The SMILES string of the molecule is CC(C)(C)OC(=O)Cc1ccc2c(c1)C(C=O)c1ccccc1-2. The molecule has 1 atom stereocenters. The smallest absolute Gasteiger partial charge is 0.310 e. The molecule has 1 unspecified atom stereocenters. The van der Waals surface area contributed by atoms with Crippen molar-refractivity contribution in [2.24, 2.45) is 0 Å². The molecule has 0 spiro atoms. The van der Waals surface area contributed by atoms with E-state index in [0.29, 0.717) is 0 Å². The summed E-state index contributed by atoms with van der Waals surface area (Å²) in [6.07, 6.45) is 1.19. The van der Waals surface area contributed by atoms with Gasteiger partial charge in [-0.3, -0.25) is 4.79 Å². The maximum absolute atomic E-state index is 12.0. The second kappa shape index (κ2) is 5.65. The molecule has 118 valence electrons. The van der Waals surface area contributed by atoms with Gasteiger partial charge in [0.15, 0.2) is 0 Å². The molecule has 23 heavy (non-hydrogen) atoms. The van der Waals surface area contributed by atoms with Gasteiger partial charge in [-0.05, 0) is 48.6 Å². The summed E-state index contributed by atoms with van der Waals surface area (Å²) in [6, 6.07) is 13.8. The van der Waals surface area contributed by atoms with Crippen LogP contribution in [0.25, 0.3) is 11.1 Å². The van der Waals surface area contributed by atoms with Gasteiger partial charge in [-0.2, -0.15) is 0 Å². The molecule has 0 saturated carbocycles. The first-order valence-corrected chi connectivity index (χ1v) is 7.78. The molecule has 3 nitrogen and oxygen atoms in total. The van der Waals surface area contributed by atoms with E-state index in [1.165, 1.54) is 0 Å². The van der Waals surface area contributed by atoms with Crippen molar-refractivity contribution >= 4 is 12.3 Å². The maximum atomic E-state index is 12.0. The van der Waals surface area contributed by atoms with Gasteiger partial charge in [-0.1, -0.05) is 42.5 Å². The van der Waals surface area contributed by atoms with Crippen LogP contribution in [0.15, 0.2) is 42.5 Å². The quantitative estimate of drug-likeness (QED) is 0.638. The average molecular weight is 308 g/mol. The second-order valence-electron chi connectivity index (χ2n) is 6.89. The van der Waals surface area contributed by atoms with E-state index in [1.807, 2.05) is 63.2 Å². The van der Waals surface area contributed by atoms with Crippen molar-refractivity contribution in [3.63, 3.8) is 0 Å². The van der Waals surface area contributed by atoms with E-state index in [1.54, 1.807) is 0 Å². The summed E-state index contributed by atoms with van der Waals surface area (Å²) in [6.45, 7) is 5.56. The monoisotopic (exact) mass is 308 g/mol. The van der Waals surface area contributed by atoms with Crippen molar-refractivity contribution in [2.75, 3.05) is 0 Å². The molecule has 2 aromatic rings. The lowest BCUT2D eigenvalue weighted by atomic mass is 9.96. The topological polar surface area (TPSA) is 43.4 Å². The molecule has 3 heteroatoms. The number of fused-ring (bicyclic) bond motifs is 3. The number of carbonyl (C=O) groups excluding carboxylic acids is 2. The largest absolute Gasteiger partial charge is 0.460 e. The summed E-state index contributed by atoms with van der Waals surface area (Å²) in [5.74, 6) is -0.504. The molecule has 0 saturated heterocycles. The minimum Gasteiger partial charge on any atom is -0.460 e. The van der Waals surface area contributed by atoms with E-state index in [-0.39, 0.29) is 18.3 Å². The molecule has 0 aliphatic heterocycles. The number of hydrogen-bond donors (Lipinski definition) is 0. The molecule has 0 bridgehead atoms. The van der Waals surface area contributed by atoms with Gasteiger partial charge >= 0.3 is 5.97 Å². The van der Waals surface area contributed by atoms with Gasteiger partial charge in [0.2, 0.25) is 0 Å². The highest BCUT2D eigenvalue weighted by Gasteiger charge is 2.28. The molecule has 0 heterocycles. The van der Waals surface area contributed by atoms with Crippen molar-refractivity contribution in [3.8, 4) is 11.1 Å². The third-order valence-corrected chi connectivity index (χ3v) is 3.94. The number of carbonyl (C=O) groups is 2. The molecule has 0 N–H and O–H groups in total. The minimum atomic E-state index is -0.491. The summed E-state index contributed by atoms with van der Waals surface area (Å²) < 4.78 is 5.37. The van der Waals surface area contributed by atoms with Crippen LogP contribution in [-0.2, 0) is 20.7 Å². The van der Waals surface area contributed by atoms with Gasteiger partial charge in [0.1, 0.15) is 11.9 Å². The van der Waals surface area contributed by atoms with E-state index >= 15 is 0 Å². The molecule has 1 aliphatic carbocycles. The molecule has 1 aliphatic rings. The van der Waals surface area contributed by atoms with Crippen LogP contribution in [0, 0.1) is 0 Å². The fourth-order valence-electron chi connectivity index (χ4n) is 3.10. The average Bonchev–Trinajstić information content (AvgIpc) is 2.78. The summed E-state index contributed by atoms with van der Waals surface area (Å²) in [5, 5.41) is 0. The van der Waals surface area contributed by atoms with E-state index in [4.69, 9.17) is 4.74 Å². The Labute approximate surface area is 136 Å². The van der Waals surface area contributed by atoms with E-state index < -0.39 is 5.60 Å². The van der Waals surface area contributed by atoms with Crippen LogP contribution in [-0.4, -0.2) is 17.9 Å². The Kier molecular flexibility index (Phi) is 3.80. The molecular formula is C20H20O3. The second-order valence-corrected chi connectivity index (χ2v) is 6.89. The van der Waals surface area contributed by atoms with E-state index in [2.05, 4.69) is 0 Å². The van der Waals surface area contributed by atoms with Crippen LogP contribution in [0.5, 0.6) is 0 Å². The Morgan fingerprint density at radius 3 is 2.48 bits per heavy atom. The molecule has 0 aromatic heterocycles. The summed E-state index contributed by atoms with van der Waals surface area (Å²) in [4.78, 5) is 23.6. The van der Waals surface area contributed by atoms with Crippen molar-refractivity contribution in [3.05, 3.63) is 59.2 Å². The van der Waals surface area contributed by atoms with Gasteiger partial charge in [0, 0.05) is 0 Å². The Morgan fingerprint density at radius 1 is 1.09 bits per heavy atom. The minimum absolute atomic E-state index is 0.215. The fourth-order valence-corrected chi connectivity index (χ4v) is 3.10. The number of ether oxygens (including phenoxy) is 1. The third kappa shape index (κ3) is 3.04. The van der Waals surface area contributed by atoms with E-state index in [0.717, 1.165) is 34.1 Å². The van der Waals surface area contributed by atoms with Crippen molar-refractivity contribution in [2.45, 2.75) is 38.7 Å². The highest BCUT2D eigenvalue weighted by Crippen LogP contribution is 2.43. The van der Waals surface area contributed by atoms with Crippen LogP contribution in [0.3, 0.4) is 0 Å². The highest BCUT2D eigenvalue weighted by atomic mass is 16.6. The number of benzene rings is 2. The van der Waals surface area contributed by atoms with Crippen LogP contribution in [0.1, 0.15) is 43.4 Å². The summed E-state index contributed by atoms with van der Waals surface area (Å²) in [5.41, 5.74) is 4.57. The third-order valence-electron chi connectivity index (χ3n) is 3.94. The van der Waals surface area contributed by atoms with E-state index in [9.17, 15) is 9.59 Å². The van der Waals surface area contributed by atoms with Gasteiger partial charge < -0.3 is 9.53 Å². The van der Waals surface area contributed by atoms with Crippen molar-refractivity contribution in [1.82, 2.24) is 0 Å². The predicted molar refractivity (Wildman–Crippen MR) is 89.3 cm³/mol. The van der Waals surface area contributed by atoms with Crippen molar-refractivity contribution < 1.29 is 14.3 Å². The Morgan fingerprint density at radius 2 is 1.78 bits per heavy atom. The van der Waals surface area contributed by atoms with Crippen LogP contribution >= 0.6 is 0 Å². The zero-order chi connectivity index (χ0) is 16.6. The first kappa shape index (κ1) is 15.5. The zero-order valence-corrected chi connectivity index (χ0v) is 13.6. The van der Waals surface area contributed by atoms with Gasteiger partial charge in [-0.25, -0.2) is 0 Å². The number of hydrogen-bond acceptors (Lipinski definition) is 3. The lowest BCUT2D eigenvalue weighted by Gasteiger charge is -2.19. The molecule has 0 amide bonds. The zero-order valence-electron chi connectivity index (χ0n) is 13.6. The Bertz CT molecular complexity index is 769. The lowest BCUT2D eigenvalue weighted by molar-refractivity contribution is -0.153. The van der Waals surface area contributed by atoms with Crippen molar-refractivity contribution in [1.29, 1.82) is 0 Å². The molecular weight excluding hydrogens is 288 g/mol. The molecule has 2 aromatic carbocycles. The molecule has 0 radical (unpaired) electrons. The predicted octanol–water partition coefficient (Wildman–Crippen LogP) is 3.88. The normalized spacial score (nSPS) is 15.7. The first-order chi connectivity index (χ1) is 10.9. The van der Waals surface area contributed by atoms with Crippen LogP contribution in [0.4, 0.5) is 0 Å². The first-order valence-electron chi connectivity index (χ1n) is 7.78. The van der Waals surface area contributed by atoms with Crippen LogP contribution < -0.4 is 0 Å². The fraction of sp³-hybridized carbons (Fsp3) is 0.300. The Balaban J connectivity index is 1.91. The summed E-state index contributed by atoms with van der Waals surface area (Å²) in [7, 11) is 0. The van der Waals surface area contributed by atoms with Gasteiger partial charge in [0.05, 0.1) is 12.3 Å². The standard InChI is InChI=1S/C20H20O3/c1-20(2,3)23-19(22)11-13-8-9-16-14-6-4-5-7-15(14)18(12-21)17(16)10-13/h4-10,12,18H,11H2,1-3H3. The number of rotatable bonds is 3. The van der Waals surface area contributed by atoms with Gasteiger partial charge in [-0.15, -0.1) is 0 Å². The van der Waals surface area contributed by atoms with Gasteiger partial charge in [0.25, 0.3) is 0 Å². The molecule has 3 rings (SSSR count). The maximum Gasteiger partial charge on any atom is 0.310 e. The molecule has 0 fully saturated rings. The highest BCUT2D eigenvalue weighted by molar-refractivity contribution is 5.88.